The lowest BCUT2D eigenvalue weighted by atomic mass is 10.0. The van der Waals surface area contributed by atoms with Gasteiger partial charge in [-0.1, -0.05) is 0 Å². The minimum absolute atomic E-state index is 0.226. The number of carbonyl (C=O) groups excluding carboxylic acids is 1. The van der Waals surface area contributed by atoms with Crippen molar-refractivity contribution < 1.29 is 14.3 Å². The topological polar surface area (TPSA) is 92.3 Å². The van der Waals surface area contributed by atoms with E-state index in [1.54, 1.807) is 19.4 Å². The van der Waals surface area contributed by atoms with E-state index in [-0.39, 0.29) is 5.57 Å². The van der Waals surface area contributed by atoms with E-state index in [1.165, 1.54) is 13.3 Å². The van der Waals surface area contributed by atoms with Crippen LogP contribution in [0.4, 0.5) is 0 Å². The van der Waals surface area contributed by atoms with Crippen LogP contribution in [0.15, 0.2) is 30.7 Å². The average Bonchev–Trinajstić information content (AvgIpc) is 2.96. The molecule has 24 heavy (non-hydrogen) atoms. The number of hydrogen-bond acceptors (Lipinski definition) is 6. The molecule has 2 heterocycles. The number of ether oxygens (including phenoxy) is 2. The molecule has 2 aromatic rings. The molecule has 0 amide bonds. The molecule has 2 rings (SSSR count). The first-order chi connectivity index (χ1) is 11.6. The highest BCUT2D eigenvalue weighted by molar-refractivity contribution is 6.15. The van der Waals surface area contributed by atoms with Crippen molar-refractivity contribution in [1.29, 1.82) is 0 Å². The number of carbonyl (C=O) groups is 1. The van der Waals surface area contributed by atoms with Gasteiger partial charge in [-0.3, -0.25) is 9.67 Å². The number of nitrogens with two attached hydrogens (primary N) is 1. The smallest absolute Gasteiger partial charge is 0.341 e. The molecule has 2 aromatic heterocycles. The molecule has 128 valence electrons. The van der Waals surface area contributed by atoms with Gasteiger partial charge in [0.25, 0.3) is 0 Å². The summed E-state index contributed by atoms with van der Waals surface area (Å²) in [6.07, 6.45) is 5.72. The Labute approximate surface area is 141 Å². The molecule has 0 radical (unpaired) electrons. The Morgan fingerprint density at radius 3 is 2.88 bits per heavy atom. The summed E-state index contributed by atoms with van der Waals surface area (Å²) >= 11 is 0. The maximum absolute atomic E-state index is 11.8. The zero-order valence-corrected chi connectivity index (χ0v) is 14.2. The van der Waals surface area contributed by atoms with Crippen LogP contribution in [-0.4, -0.2) is 41.6 Å². The monoisotopic (exact) mass is 330 g/mol. The fourth-order valence-corrected chi connectivity index (χ4v) is 2.40. The lowest BCUT2D eigenvalue weighted by molar-refractivity contribution is -0.133. The van der Waals surface area contributed by atoms with Gasteiger partial charge in [-0.05, 0) is 31.0 Å². The molecule has 0 bridgehead atoms. The fraction of sp³-hybridized carbons (Fsp3) is 0.353. The predicted molar refractivity (Wildman–Crippen MR) is 90.9 cm³/mol. The number of nitrogens with zero attached hydrogens (tertiary/aromatic N) is 3. The van der Waals surface area contributed by atoms with Crippen LogP contribution in [0, 0.1) is 6.92 Å². The molecule has 7 nitrogen and oxygen atoms in total. The molecule has 7 heteroatoms. The van der Waals surface area contributed by atoms with E-state index < -0.39 is 5.97 Å². The van der Waals surface area contributed by atoms with Gasteiger partial charge in [0.1, 0.15) is 5.57 Å². The summed E-state index contributed by atoms with van der Waals surface area (Å²) in [5.41, 5.74) is 9.04. The third-order valence-electron chi connectivity index (χ3n) is 3.60. The van der Waals surface area contributed by atoms with Gasteiger partial charge in [-0.2, -0.15) is 5.10 Å². The van der Waals surface area contributed by atoms with Gasteiger partial charge in [0.15, 0.2) is 0 Å². The van der Waals surface area contributed by atoms with Crippen molar-refractivity contribution >= 4 is 11.5 Å². The maximum atomic E-state index is 11.8. The first kappa shape index (κ1) is 17.7. The van der Waals surface area contributed by atoms with Gasteiger partial charge in [0.2, 0.25) is 0 Å². The molecule has 0 spiro atoms. The fourth-order valence-electron chi connectivity index (χ4n) is 2.40. The molecule has 0 fully saturated rings. The SMILES string of the molecule is COCCCn1cc(-c2ccnc(/C(=C\N)C(=O)OC)c2)c(C)n1. The standard InChI is InChI=1S/C17H22N4O3/c1-12-15(11-21(20-12)7-4-8-23-2)13-5-6-19-16(9-13)14(10-18)17(22)24-3/h5-6,9-11H,4,7-8,18H2,1-3H3/b14-10+. The molecular weight excluding hydrogens is 308 g/mol. The molecule has 0 aliphatic heterocycles. The van der Waals surface area contributed by atoms with Crippen LogP contribution in [0.2, 0.25) is 0 Å². The Kier molecular flexibility index (Phi) is 6.08. The van der Waals surface area contributed by atoms with Crippen molar-refractivity contribution in [3.8, 4) is 11.1 Å². The highest BCUT2D eigenvalue weighted by Crippen LogP contribution is 2.25. The molecule has 0 aromatic carbocycles. The van der Waals surface area contributed by atoms with Crippen LogP contribution in [0.1, 0.15) is 17.8 Å². The number of aromatic nitrogens is 3. The molecule has 0 unspecified atom stereocenters. The number of pyridine rings is 1. The molecule has 0 saturated carbocycles. The second-order valence-corrected chi connectivity index (χ2v) is 5.24. The van der Waals surface area contributed by atoms with Gasteiger partial charge in [0, 0.05) is 44.4 Å². The minimum Gasteiger partial charge on any atom is -0.465 e. The molecule has 0 aliphatic carbocycles. The van der Waals surface area contributed by atoms with E-state index in [2.05, 4.69) is 10.1 Å². The van der Waals surface area contributed by atoms with Gasteiger partial charge in [-0.25, -0.2) is 4.79 Å². The van der Waals surface area contributed by atoms with Crippen LogP contribution in [0.3, 0.4) is 0 Å². The summed E-state index contributed by atoms with van der Waals surface area (Å²) in [7, 11) is 2.99. The lowest BCUT2D eigenvalue weighted by Gasteiger charge is -2.06. The minimum atomic E-state index is -0.519. The van der Waals surface area contributed by atoms with E-state index in [1.807, 2.05) is 23.9 Å². The second kappa shape index (κ2) is 8.26. The van der Waals surface area contributed by atoms with Crippen LogP contribution in [-0.2, 0) is 20.8 Å². The van der Waals surface area contributed by atoms with Crippen molar-refractivity contribution in [2.45, 2.75) is 19.9 Å². The molecule has 0 saturated heterocycles. The second-order valence-electron chi connectivity index (χ2n) is 5.24. The number of methoxy groups -OCH3 is 2. The van der Waals surface area contributed by atoms with Crippen LogP contribution in [0.25, 0.3) is 16.7 Å². The van der Waals surface area contributed by atoms with Crippen LogP contribution >= 0.6 is 0 Å². The summed E-state index contributed by atoms with van der Waals surface area (Å²) < 4.78 is 11.7. The Morgan fingerprint density at radius 2 is 2.21 bits per heavy atom. The number of rotatable bonds is 7. The third-order valence-corrected chi connectivity index (χ3v) is 3.60. The highest BCUT2D eigenvalue weighted by atomic mass is 16.5. The maximum Gasteiger partial charge on any atom is 0.341 e. The lowest BCUT2D eigenvalue weighted by Crippen LogP contribution is -2.07. The Morgan fingerprint density at radius 1 is 1.42 bits per heavy atom. The zero-order chi connectivity index (χ0) is 17.5. The summed E-state index contributed by atoms with van der Waals surface area (Å²) in [6.45, 7) is 3.42. The number of aryl methyl sites for hydroxylation is 2. The largest absolute Gasteiger partial charge is 0.465 e. The Bertz CT molecular complexity index is 737. The Balaban J connectivity index is 2.30. The van der Waals surface area contributed by atoms with E-state index in [0.717, 1.165) is 29.8 Å². The average molecular weight is 330 g/mol. The first-order valence-electron chi connectivity index (χ1n) is 7.60. The van der Waals surface area contributed by atoms with E-state index in [0.29, 0.717) is 12.3 Å². The van der Waals surface area contributed by atoms with Crippen molar-refractivity contribution in [2.24, 2.45) is 5.73 Å². The normalized spacial score (nSPS) is 11.5. The number of esters is 1. The molecular formula is C17H22N4O3. The van der Waals surface area contributed by atoms with Gasteiger partial charge in [-0.15, -0.1) is 0 Å². The van der Waals surface area contributed by atoms with Gasteiger partial charge >= 0.3 is 5.97 Å². The highest BCUT2D eigenvalue weighted by Gasteiger charge is 2.15. The summed E-state index contributed by atoms with van der Waals surface area (Å²) in [5, 5.41) is 4.51. The molecule has 0 aliphatic rings. The van der Waals surface area contributed by atoms with Gasteiger partial charge in [0.05, 0.1) is 18.5 Å². The van der Waals surface area contributed by atoms with Crippen molar-refractivity contribution in [1.82, 2.24) is 14.8 Å². The summed E-state index contributed by atoms with van der Waals surface area (Å²) in [4.78, 5) is 16.0. The summed E-state index contributed by atoms with van der Waals surface area (Å²) in [5.74, 6) is -0.519. The van der Waals surface area contributed by atoms with Crippen molar-refractivity contribution in [2.75, 3.05) is 20.8 Å². The summed E-state index contributed by atoms with van der Waals surface area (Å²) in [6, 6.07) is 3.68. The quantitative estimate of drug-likeness (QED) is 0.472. The Hall–Kier alpha value is -2.67. The van der Waals surface area contributed by atoms with Crippen LogP contribution in [0.5, 0.6) is 0 Å². The zero-order valence-electron chi connectivity index (χ0n) is 14.2. The van der Waals surface area contributed by atoms with E-state index >= 15 is 0 Å². The van der Waals surface area contributed by atoms with Crippen molar-refractivity contribution in [3.63, 3.8) is 0 Å². The van der Waals surface area contributed by atoms with Gasteiger partial charge < -0.3 is 15.2 Å². The van der Waals surface area contributed by atoms with Crippen LogP contribution < -0.4 is 5.73 Å². The predicted octanol–water partition coefficient (Wildman–Crippen LogP) is 1.76. The van der Waals surface area contributed by atoms with E-state index in [4.69, 9.17) is 15.2 Å². The van der Waals surface area contributed by atoms with Crippen molar-refractivity contribution in [3.05, 3.63) is 42.1 Å². The third kappa shape index (κ3) is 3.99. The first-order valence-corrected chi connectivity index (χ1v) is 7.60. The molecule has 2 N–H and O–H groups in total. The molecule has 0 atom stereocenters. The van der Waals surface area contributed by atoms with E-state index in [9.17, 15) is 4.79 Å². The number of hydrogen-bond donors (Lipinski definition) is 1.